The van der Waals surface area contributed by atoms with Gasteiger partial charge in [0.15, 0.2) is 0 Å². The van der Waals surface area contributed by atoms with E-state index < -0.39 is 0 Å². The van der Waals surface area contributed by atoms with Crippen molar-refractivity contribution in [1.29, 1.82) is 0 Å². The Kier molecular flexibility index (Phi) is 6.04. The van der Waals surface area contributed by atoms with Crippen molar-refractivity contribution in [2.75, 3.05) is 38.2 Å². The van der Waals surface area contributed by atoms with Crippen molar-refractivity contribution in [3.05, 3.63) is 84.6 Å². The molecule has 2 aromatic carbocycles. The predicted molar refractivity (Wildman–Crippen MR) is 137 cm³/mol. The van der Waals surface area contributed by atoms with Crippen LogP contribution in [-0.2, 0) is 11.8 Å². The summed E-state index contributed by atoms with van der Waals surface area (Å²) in [7, 11) is 3.69. The van der Waals surface area contributed by atoms with Crippen LogP contribution in [0.2, 0.25) is 0 Å². The zero-order valence-corrected chi connectivity index (χ0v) is 19.5. The monoisotopic (exact) mass is 452 g/mol. The predicted octanol–water partition coefficient (Wildman–Crippen LogP) is 4.61. The van der Waals surface area contributed by atoms with E-state index in [1.54, 1.807) is 19.4 Å². The number of benzene rings is 2. The van der Waals surface area contributed by atoms with Crippen LogP contribution in [0.3, 0.4) is 0 Å². The van der Waals surface area contributed by atoms with Crippen LogP contribution in [0.4, 0.5) is 5.69 Å². The molecule has 1 aliphatic heterocycles. The normalized spacial score (nSPS) is 14.2. The van der Waals surface area contributed by atoms with Gasteiger partial charge in [-0.05, 0) is 48.0 Å². The van der Waals surface area contributed by atoms with Crippen LogP contribution < -0.4 is 9.64 Å². The first-order chi connectivity index (χ1) is 16.7. The van der Waals surface area contributed by atoms with Gasteiger partial charge in [-0.3, -0.25) is 4.79 Å². The van der Waals surface area contributed by atoms with Crippen LogP contribution in [0.5, 0.6) is 5.75 Å². The lowest BCUT2D eigenvalue weighted by Crippen LogP contribution is -2.48. The summed E-state index contributed by atoms with van der Waals surface area (Å²) in [4.78, 5) is 21.9. The van der Waals surface area contributed by atoms with E-state index in [-0.39, 0.29) is 5.91 Å². The van der Waals surface area contributed by atoms with Gasteiger partial charge in [-0.1, -0.05) is 30.3 Å². The number of aryl methyl sites for hydroxylation is 1. The number of nitrogens with zero attached hydrogens (tertiary/aromatic N) is 4. The van der Waals surface area contributed by atoms with Gasteiger partial charge in [-0.2, -0.15) is 0 Å². The highest BCUT2D eigenvalue weighted by atomic mass is 16.5. The Balaban J connectivity index is 1.35. The summed E-state index contributed by atoms with van der Waals surface area (Å²) in [6.07, 6.45) is 5.46. The molecular formula is C28H28N4O2. The van der Waals surface area contributed by atoms with E-state index in [2.05, 4.69) is 44.8 Å². The lowest BCUT2D eigenvalue weighted by atomic mass is 10.1. The molecule has 172 valence electrons. The zero-order chi connectivity index (χ0) is 23.5. The maximum atomic E-state index is 13.1. The highest BCUT2D eigenvalue weighted by Crippen LogP contribution is 2.33. The Bertz CT molecular complexity index is 1320. The molecule has 0 atom stereocenters. The summed E-state index contributed by atoms with van der Waals surface area (Å²) < 4.78 is 7.35. The van der Waals surface area contributed by atoms with Crippen molar-refractivity contribution in [1.82, 2.24) is 14.5 Å². The average Bonchev–Trinajstić information content (AvgIpc) is 3.19. The molecule has 34 heavy (non-hydrogen) atoms. The molecule has 0 radical (unpaired) electrons. The van der Waals surface area contributed by atoms with Crippen molar-refractivity contribution in [2.24, 2.45) is 7.05 Å². The van der Waals surface area contributed by atoms with Gasteiger partial charge in [0.1, 0.15) is 11.4 Å². The number of hydrogen-bond donors (Lipinski definition) is 0. The number of hydrogen-bond acceptors (Lipinski definition) is 4. The summed E-state index contributed by atoms with van der Waals surface area (Å²) in [5.74, 6) is 0.885. The Morgan fingerprint density at radius 3 is 2.38 bits per heavy atom. The quantitative estimate of drug-likeness (QED) is 0.415. The van der Waals surface area contributed by atoms with Gasteiger partial charge >= 0.3 is 0 Å². The van der Waals surface area contributed by atoms with Crippen LogP contribution in [0.25, 0.3) is 28.4 Å². The first-order valence-corrected chi connectivity index (χ1v) is 11.5. The Morgan fingerprint density at radius 2 is 1.68 bits per heavy atom. The number of carbonyl (C=O) groups excluding carboxylic acids is 1. The number of piperazine rings is 1. The minimum absolute atomic E-state index is 0.0364. The van der Waals surface area contributed by atoms with Crippen molar-refractivity contribution in [3.8, 4) is 17.0 Å². The highest BCUT2D eigenvalue weighted by molar-refractivity contribution is 6.00. The lowest BCUT2D eigenvalue weighted by molar-refractivity contribution is -0.126. The summed E-state index contributed by atoms with van der Waals surface area (Å²) in [5.41, 5.74) is 5.23. The second-order valence-electron chi connectivity index (χ2n) is 8.41. The molecule has 1 saturated heterocycles. The summed E-state index contributed by atoms with van der Waals surface area (Å²) in [5, 5.41) is 1.04. The number of anilines is 1. The standard InChI is InChI=1S/C28H28N4O2/c1-30-27(21-7-4-3-5-8-21)24(25-9-6-16-29-28(25)30)14-15-26(33)32-19-17-31(18-20-32)22-10-12-23(34-2)13-11-22/h3-16H,17-20H2,1-2H3. The lowest BCUT2D eigenvalue weighted by Gasteiger charge is -2.35. The molecule has 0 unspecified atom stereocenters. The Hall–Kier alpha value is -4.06. The second-order valence-corrected chi connectivity index (χ2v) is 8.41. The third-order valence-corrected chi connectivity index (χ3v) is 6.45. The van der Waals surface area contributed by atoms with Crippen molar-refractivity contribution in [2.45, 2.75) is 0 Å². The van der Waals surface area contributed by atoms with Crippen LogP contribution >= 0.6 is 0 Å². The molecule has 0 spiro atoms. The molecule has 1 aliphatic rings. The molecule has 0 bridgehead atoms. The number of aromatic nitrogens is 2. The first-order valence-electron chi connectivity index (χ1n) is 11.5. The van der Waals surface area contributed by atoms with Gasteiger partial charge in [0.05, 0.1) is 12.8 Å². The first kappa shape index (κ1) is 21.8. The fourth-order valence-electron chi connectivity index (χ4n) is 4.64. The van der Waals surface area contributed by atoms with Crippen molar-refractivity contribution < 1.29 is 9.53 Å². The van der Waals surface area contributed by atoms with Gasteiger partial charge in [0, 0.05) is 62.1 Å². The average molecular weight is 453 g/mol. The van der Waals surface area contributed by atoms with Crippen molar-refractivity contribution in [3.63, 3.8) is 0 Å². The van der Waals surface area contributed by atoms with Crippen LogP contribution in [0, 0.1) is 0 Å². The molecule has 2 aromatic heterocycles. The van der Waals surface area contributed by atoms with Gasteiger partial charge < -0.3 is 19.1 Å². The Labute approximate surface area is 199 Å². The second kappa shape index (κ2) is 9.43. The fourth-order valence-corrected chi connectivity index (χ4v) is 4.64. The van der Waals surface area contributed by atoms with Crippen molar-refractivity contribution >= 4 is 28.7 Å². The van der Waals surface area contributed by atoms with E-state index in [4.69, 9.17) is 4.74 Å². The van der Waals surface area contributed by atoms with E-state index in [0.717, 1.165) is 52.4 Å². The smallest absolute Gasteiger partial charge is 0.246 e. The van der Waals surface area contributed by atoms with Gasteiger partial charge in [0.2, 0.25) is 5.91 Å². The van der Waals surface area contributed by atoms with Gasteiger partial charge in [-0.15, -0.1) is 0 Å². The maximum absolute atomic E-state index is 13.1. The molecule has 6 nitrogen and oxygen atoms in total. The van der Waals surface area contributed by atoms with Crippen LogP contribution in [0.1, 0.15) is 5.56 Å². The number of amides is 1. The van der Waals surface area contributed by atoms with Crippen LogP contribution in [0.15, 0.2) is 79.0 Å². The Morgan fingerprint density at radius 1 is 0.941 bits per heavy atom. The molecule has 1 amide bonds. The molecule has 5 rings (SSSR count). The zero-order valence-electron chi connectivity index (χ0n) is 19.5. The van der Waals surface area contributed by atoms with Crippen LogP contribution in [-0.4, -0.2) is 53.6 Å². The number of ether oxygens (including phenoxy) is 1. The van der Waals surface area contributed by atoms with E-state index in [9.17, 15) is 4.79 Å². The minimum atomic E-state index is 0.0364. The van der Waals surface area contributed by atoms with E-state index in [0.29, 0.717) is 13.1 Å². The molecule has 3 heterocycles. The minimum Gasteiger partial charge on any atom is -0.497 e. The summed E-state index contributed by atoms with van der Waals surface area (Å²) in [6.45, 7) is 2.99. The highest BCUT2D eigenvalue weighted by Gasteiger charge is 2.21. The molecule has 0 N–H and O–H groups in total. The molecule has 6 heteroatoms. The van der Waals surface area contributed by atoms with E-state index in [1.165, 1.54) is 0 Å². The number of methoxy groups -OCH3 is 1. The third kappa shape index (κ3) is 4.15. The van der Waals surface area contributed by atoms with Gasteiger partial charge in [0.25, 0.3) is 0 Å². The largest absolute Gasteiger partial charge is 0.497 e. The molecule has 0 saturated carbocycles. The van der Waals surface area contributed by atoms with E-state index in [1.807, 2.05) is 54.4 Å². The SMILES string of the molecule is COc1ccc(N2CCN(C(=O)C=Cc3c(-c4ccccc4)n(C)c4ncccc34)CC2)cc1. The summed E-state index contributed by atoms with van der Waals surface area (Å²) >= 11 is 0. The number of pyridine rings is 1. The molecule has 4 aromatic rings. The topological polar surface area (TPSA) is 50.6 Å². The van der Waals surface area contributed by atoms with Gasteiger partial charge in [-0.25, -0.2) is 4.98 Å². The molecule has 1 fully saturated rings. The maximum Gasteiger partial charge on any atom is 0.246 e. The number of rotatable bonds is 5. The van der Waals surface area contributed by atoms with E-state index >= 15 is 0 Å². The number of fused-ring (bicyclic) bond motifs is 1. The molecular weight excluding hydrogens is 424 g/mol. The third-order valence-electron chi connectivity index (χ3n) is 6.45. The molecule has 0 aliphatic carbocycles. The number of carbonyl (C=O) groups is 1. The fraction of sp³-hybridized carbons (Fsp3) is 0.214. The summed E-state index contributed by atoms with van der Waals surface area (Å²) in [6, 6.07) is 22.3.